The van der Waals surface area contributed by atoms with Gasteiger partial charge in [0, 0.05) is 19.5 Å². The van der Waals surface area contributed by atoms with Crippen LogP contribution in [0.3, 0.4) is 0 Å². The molecule has 0 aromatic carbocycles. The Hall–Kier alpha value is -1.10. The first-order chi connectivity index (χ1) is 7.91. The molecule has 3 N–H and O–H groups in total. The first kappa shape index (κ1) is 14.0. The molecule has 17 heavy (non-hydrogen) atoms. The number of carboxylic acids is 1. The highest BCUT2D eigenvalue weighted by Crippen LogP contribution is 2.24. The monoisotopic (exact) mass is 242 g/mol. The highest BCUT2D eigenvalue weighted by molar-refractivity contribution is 5.82. The number of nitrogens with zero attached hydrogens (tertiary/aromatic N) is 1. The first-order valence-electron chi connectivity index (χ1n) is 6.18. The van der Waals surface area contributed by atoms with E-state index in [0.29, 0.717) is 11.8 Å². The Morgan fingerprint density at radius 1 is 1.47 bits per heavy atom. The van der Waals surface area contributed by atoms with Crippen LogP contribution in [-0.4, -0.2) is 41.0 Å². The third-order valence-corrected chi connectivity index (χ3v) is 3.47. The zero-order valence-electron chi connectivity index (χ0n) is 10.6. The van der Waals surface area contributed by atoms with Gasteiger partial charge in [-0.3, -0.25) is 9.59 Å². The second kappa shape index (κ2) is 6.00. The van der Waals surface area contributed by atoms with Crippen molar-refractivity contribution in [1.29, 1.82) is 0 Å². The van der Waals surface area contributed by atoms with E-state index in [1.54, 1.807) is 4.90 Å². The van der Waals surface area contributed by atoms with Crippen LogP contribution in [0.1, 0.15) is 33.1 Å². The Kier molecular flexibility index (Phi) is 4.93. The molecule has 1 aliphatic heterocycles. The minimum Gasteiger partial charge on any atom is -0.481 e. The fourth-order valence-corrected chi connectivity index (χ4v) is 2.17. The van der Waals surface area contributed by atoms with Crippen molar-refractivity contribution >= 4 is 11.9 Å². The van der Waals surface area contributed by atoms with Crippen molar-refractivity contribution in [2.45, 2.75) is 39.2 Å². The smallest absolute Gasteiger partial charge is 0.303 e. The van der Waals surface area contributed by atoms with Gasteiger partial charge in [0.25, 0.3) is 0 Å². The highest BCUT2D eigenvalue weighted by atomic mass is 16.4. The molecule has 98 valence electrons. The fraction of sp³-hybridized carbons (Fsp3) is 0.833. The molecular weight excluding hydrogens is 220 g/mol. The van der Waals surface area contributed by atoms with Crippen molar-refractivity contribution < 1.29 is 14.7 Å². The van der Waals surface area contributed by atoms with Gasteiger partial charge >= 0.3 is 5.97 Å². The van der Waals surface area contributed by atoms with E-state index in [2.05, 4.69) is 13.8 Å². The molecule has 1 heterocycles. The van der Waals surface area contributed by atoms with Crippen molar-refractivity contribution in [2.24, 2.45) is 17.6 Å². The molecular formula is C12H22N2O3. The number of hydrogen-bond donors (Lipinski definition) is 2. The molecule has 0 spiro atoms. The molecule has 2 atom stereocenters. The molecule has 1 rings (SSSR count). The number of likely N-dealkylation sites (tertiary alicyclic amines) is 1. The van der Waals surface area contributed by atoms with Crippen LogP contribution in [0.5, 0.6) is 0 Å². The number of hydrogen-bond acceptors (Lipinski definition) is 3. The molecule has 0 aromatic rings. The summed E-state index contributed by atoms with van der Waals surface area (Å²) in [4.78, 5) is 24.1. The lowest BCUT2D eigenvalue weighted by molar-refractivity contribution is -0.137. The normalized spacial score (nSPS) is 21.9. The van der Waals surface area contributed by atoms with E-state index in [4.69, 9.17) is 10.8 Å². The molecule has 0 bridgehead atoms. The van der Waals surface area contributed by atoms with Crippen molar-refractivity contribution in [3.63, 3.8) is 0 Å². The summed E-state index contributed by atoms with van der Waals surface area (Å²) in [7, 11) is 0. The maximum Gasteiger partial charge on any atom is 0.303 e. The summed E-state index contributed by atoms with van der Waals surface area (Å²) in [5, 5.41) is 8.54. The van der Waals surface area contributed by atoms with Crippen molar-refractivity contribution in [2.75, 3.05) is 13.1 Å². The number of carboxylic acid groups (broad SMARTS) is 1. The zero-order chi connectivity index (χ0) is 13.0. The predicted molar refractivity (Wildman–Crippen MR) is 64.4 cm³/mol. The van der Waals surface area contributed by atoms with Crippen LogP contribution in [-0.2, 0) is 9.59 Å². The minimum atomic E-state index is -0.908. The van der Waals surface area contributed by atoms with Crippen LogP contribution in [0, 0.1) is 11.8 Å². The van der Waals surface area contributed by atoms with Crippen LogP contribution in [0.15, 0.2) is 0 Å². The average molecular weight is 242 g/mol. The van der Waals surface area contributed by atoms with Crippen molar-refractivity contribution in [3.8, 4) is 0 Å². The van der Waals surface area contributed by atoms with Crippen LogP contribution in [0.4, 0.5) is 0 Å². The molecule has 1 saturated heterocycles. The highest BCUT2D eigenvalue weighted by Gasteiger charge is 2.30. The molecule has 0 saturated carbocycles. The van der Waals surface area contributed by atoms with E-state index in [0.717, 1.165) is 19.5 Å². The standard InChI is InChI=1S/C12H22N2O3/c1-8(2)9-5-6-14(7-9)12(17)10(13)3-4-11(15)16/h8-10H,3-7,13H2,1-2H3,(H,15,16). The topological polar surface area (TPSA) is 83.6 Å². The van der Waals surface area contributed by atoms with Gasteiger partial charge in [-0.15, -0.1) is 0 Å². The second-order valence-electron chi connectivity index (χ2n) is 5.12. The minimum absolute atomic E-state index is 0.0473. The quantitative estimate of drug-likeness (QED) is 0.742. The Morgan fingerprint density at radius 2 is 2.12 bits per heavy atom. The Bertz CT molecular complexity index is 291. The summed E-state index contributed by atoms with van der Waals surface area (Å²) in [6.45, 7) is 5.83. The number of nitrogens with two attached hydrogens (primary N) is 1. The lowest BCUT2D eigenvalue weighted by atomic mass is 9.95. The maximum absolute atomic E-state index is 11.9. The maximum atomic E-state index is 11.9. The SMILES string of the molecule is CC(C)C1CCN(C(=O)C(N)CCC(=O)O)C1. The van der Waals surface area contributed by atoms with Gasteiger partial charge in [0.15, 0.2) is 0 Å². The number of rotatable bonds is 5. The summed E-state index contributed by atoms with van der Waals surface area (Å²) in [5.74, 6) is 0.109. The van der Waals surface area contributed by atoms with E-state index in [9.17, 15) is 9.59 Å². The number of carbonyl (C=O) groups is 2. The zero-order valence-corrected chi connectivity index (χ0v) is 10.6. The Balaban J connectivity index is 2.40. The molecule has 0 aromatic heterocycles. The third kappa shape index (κ3) is 4.00. The fourth-order valence-electron chi connectivity index (χ4n) is 2.17. The number of aliphatic carboxylic acids is 1. The summed E-state index contributed by atoms with van der Waals surface area (Å²) >= 11 is 0. The van der Waals surface area contributed by atoms with Crippen LogP contribution < -0.4 is 5.73 Å². The van der Waals surface area contributed by atoms with Gasteiger partial charge in [0.05, 0.1) is 6.04 Å². The van der Waals surface area contributed by atoms with Crippen LogP contribution >= 0.6 is 0 Å². The molecule has 5 heteroatoms. The van der Waals surface area contributed by atoms with Gasteiger partial charge in [-0.25, -0.2) is 0 Å². The van der Waals surface area contributed by atoms with Gasteiger partial charge in [-0.05, 0) is 24.7 Å². The summed E-state index contributed by atoms with van der Waals surface area (Å²) in [5.41, 5.74) is 5.71. The van der Waals surface area contributed by atoms with Crippen LogP contribution in [0.2, 0.25) is 0 Å². The molecule has 5 nitrogen and oxygen atoms in total. The van der Waals surface area contributed by atoms with Crippen LogP contribution in [0.25, 0.3) is 0 Å². The lowest BCUT2D eigenvalue weighted by Gasteiger charge is -2.21. The second-order valence-corrected chi connectivity index (χ2v) is 5.12. The van der Waals surface area contributed by atoms with E-state index in [1.165, 1.54) is 0 Å². The molecule has 0 radical (unpaired) electrons. The molecule has 1 aliphatic rings. The Morgan fingerprint density at radius 3 is 2.59 bits per heavy atom. The molecule has 2 unspecified atom stereocenters. The van der Waals surface area contributed by atoms with Gasteiger partial charge in [-0.1, -0.05) is 13.8 Å². The molecule has 0 aliphatic carbocycles. The largest absolute Gasteiger partial charge is 0.481 e. The van der Waals surface area contributed by atoms with E-state index in [-0.39, 0.29) is 18.7 Å². The van der Waals surface area contributed by atoms with Crippen molar-refractivity contribution in [3.05, 3.63) is 0 Å². The van der Waals surface area contributed by atoms with E-state index >= 15 is 0 Å². The van der Waals surface area contributed by atoms with E-state index in [1.807, 2.05) is 0 Å². The van der Waals surface area contributed by atoms with Gasteiger partial charge in [0.1, 0.15) is 0 Å². The molecule has 1 amide bonds. The van der Waals surface area contributed by atoms with Gasteiger partial charge < -0.3 is 15.7 Å². The van der Waals surface area contributed by atoms with E-state index < -0.39 is 12.0 Å². The molecule has 1 fully saturated rings. The number of carbonyl (C=O) groups excluding carboxylic acids is 1. The van der Waals surface area contributed by atoms with Crippen molar-refractivity contribution in [1.82, 2.24) is 4.90 Å². The summed E-state index contributed by atoms with van der Waals surface area (Å²) in [6, 6.07) is -0.669. The first-order valence-corrected chi connectivity index (χ1v) is 6.18. The van der Waals surface area contributed by atoms with Gasteiger partial charge in [-0.2, -0.15) is 0 Å². The lowest BCUT2D eigenvalue weighted by Crippen LogP contribution is -2.43. The third-order valence-electron chi connectivity index (χ3n) is 3.47. The summed E-state index contributed by atoms with van der Waals surface area (Å²) in [6.07, 6.45) is 1.19. The predicted octanol–water partition coefficient (Wildman–Crippen LogP) is 0.683. The van der Waals surface area contributed by atoms with Gasteiger partial charge in [0.2, 0.25) is 5.91 Å². The summed E-state index contributed by atoms with van der Waals surface area (Å²) < 4.78 is 0. The Labute approximate surface area is 102 Å². The number of amides is 1. The average Bonchev–Trinajstić information content (AvgIpc) is 2.73.